The van der Waals surface area contributed by atoms with E-state index < -0.39 is 48.2 Å². The molecule has 2 aliphatic rings. The molecule has 156 valence electrons. The number of hydrogen-bond donors (Lipinski definition) is 1. The van der Waals surface area contributed by atoms with Gasteiger partial charge in [0.25, 0.3) is 5.91 Å². The van der Waals surface area contributed by atoms with Gasteiger partial charge in [-0.25, -0.2) is 9.18 Å². The number of carbonyl (C=O) groups excluding carboxylic acids is 4. The molecule has 1 saturated carbocycles. The van der Waals surface area contributed by atoms with Crippen LogP contribution in [0.25, 0.3) is 0 Å². The molecule has 1 saturated heterocycles. The van der Waals surface area contributed by atoms with Gasteiger partial charge in [-0.05, 0) is 54.9 Å². The van der Waals surface area contributed by atoms with E-state index in [1.165, 1.54) is 12.1 Å². The van der Waals surface area contributed by atoms with Gasteiger partial charge in [-0.15, -0.1) is 0 Å². The topological polar surface area (TPSA) is 92.8 Å². The number of benzene rings is 1. The number of amides is 3. The fourth-order valence-electron chi connectivity index (χ4n) is 4.69. The summed E-state index contributed by atoms with van der Waals surface area (Å²) < 4.78 is 17.8. The molecule has 0 radical (unpaired) electrons. The zero-order valence-electron chi connectivity index (χ0n) is 16.8. The highest BCUT2D eigenvalue weighted by atomic mass is 19.1. The van der Waals surface area contributed by atoms with Crippen LogP contribution in [0.15, 0.2) is 24.3 Å². The van der Waals surface area contributed by atoms with Gasteiger partial charge in [0.1, 0.15) is 17.9 Å². The second kappa shape index (κ2) is 7.57. The Hall–Kier alpha value is -2.77. The van der Waals surface area contributed by atoms with Crippen molar-refractivity contribution < 1.29 is 28.3 Å². The molecule has 2 fully saturated rings. The largest absolute Gasteiger partial charge is 0.456 e. The number of nitrogens with one attached hydrogen (secondary N) is 1. The van der Waals surface area contributed by atoms with Crippen LogP contribution >= 0.6 is 0 Å². The molecule has 2 atom stereocenters. The van der Waals surface area contributed by atoms with E-state index in [4.69, 9.17) is 4.74 Å². The van der Waals surface area contributed by atoms with E-state index >= 15 is 0 Å². The van der Waals surface area contributed by atoms with E-state index in [9.17, 15) is 23.6 Å². The van der Waals surface area contributed by atoms with Crippen LogP contribution in [-0.2, 0) is 14.3 Å². The summed E-state index contributed by atoms with van der Waals surface area (Å²) in [5.41, 5.74) is -0.909. The second-order valence-corrected chi connectivity index (χ2v) is 8.85. The zero-order chi connectivity index (χ0) is 21.4. The number of ether oxygens (including phenoxy) is 1. The molecule has 1 spiro atoms. The van der Waals surface area contributed by atoms with Gasteiger partial charge >= 0.3 is 12.0 Å². The molecule has 1 aliphatic heterocycles. The molecule has 7 nitrogen and oxygen atoms in total. The van der Waals surface area contributed by atoms with Gasteiger partial charge < -0.3 is 10.1 Å². The Morgan fingerprint density at radius 1 is 1.21 bits per heavy atom. The lowest BCUT2D eigenvalue weighted by atomic mass is 9.64. The third kappa shape index (κ3) is 4.46. The fraction of sp³-hybridized carbons (Fsp3) is 0.524. The number of rotatable bonds is 5. The maximum atomic E-state index is 13.0. The van der Waals surface area contributed by atoms with Gasteiger partial charge in [0, 0.05) is 5.56 Å². The molecule has 0 unspecified atom stereocenters. The Balaban J connectivity index is 1.60. The van der Waals surface area contributed by atoms with Gasteiger partial charge in [-0.3, -0.25) is 19.3 Å². The Labute approximate surface area is 168 Å². The standard InChI is InChI=1S/C21H25FN2O5/c1-13-8-20(2,3)12-21(9-13)18(27)24(19(28)23-21)10-17(26)29-11-16(25)14-4-6-15(22)7-5-14/h4-7,13H,8-12H2,1-3H3,(H,23,28)/t13-,21+/m1/s1. The van der Waals surface area contributed by atoms with Gasteiger partial charge in [-0.1, -0.05) is 20.8 Å². The summed E-state index contributed by atoms with van der Waals surface area (Å²) in [4.78, 5) is 50.4. The molecule has 1 heterocycles. The average molecular weight is 404 g/mol. The van der Waals surface area contributed by atoms with E-state index in [2.05, 4.69) is 19.2 Å². The first kappa shape index (κ1) is 21.0. The van der Waals surface area contributed by atoms with E-state index in [1.807, 2.05) is 6.92 Å². The Bertz CT molecular complexity index is 851. The molecule has 0 bridgehead atoms. The number of urea groups is 1. The van der Waals surface area contributed by atoms with Crippen LogP contribution in [0.3, 0.4) is 0 Å². The molecule has 29 heavy (non-hydrogen) atoms. The van der Waals surface area contributed by atoms with E-state index in [-0.39, 0.29) is 16.9 Å². The van der Waals surface area contributed by atoms with Crippen LogP contribution < -0.4 is 5.32 Å². The SMILES string of the molecule is C[C@@H]1CC(C)(C)C[C@]2(C1)NC(=O)N(CC(=O)OCC(=O)c1ccc(F)cc1)C2=O. The lowest BCUT2D eigenvalue weighted by molar-refractivity contribution is -0.147. The molecule has 0 aromatic heterocycles. The van der Waals surface area contributed by atoms with Gasteiger partial charge in [0.2, 0.25) is 0 Å². The fourth-order valence-corrected chi connectivity index (χ4v) is 4.69. The molecular formula is C21H25FN2O5. The lowest BCUT2D eigenvalue weighted by Gasteiger charge is -2.43. The normalized spacial score (nSPS) is 25.8. The summed E-state index contributed by atoms with van der Waals surface area (Å²) in [5, 5.41) is 2.78. The van der Waals surface area contributed by atoms with Crippen LogP contribution in [0.4, 0.5) is 9.18 Å². The monoisotopic (exact) mass is 404 g/mol. The maximum absolute atomic E-state index is 13.0. The van der Waals surface area contributed by atoms with Crippen molar-refractivity contribution in [3.8, 4) is 0 Å². The van der Waals surface area contributed by atoms with Crippen molar-refractivity contribution in [2.45, 2.75) is 45.6 Å². The number of carbonyl (C=O) groups is 4. The zero-order valence-corrected chi connectivity index (χ0v) is 16.8. The second-order valence-electron chi connectivity index (χ2n) is 8.85. The third-order valence-corrected chi connectivity index (χ3v) is 5.44. The Kier molecular flexibility index (Phi) is 5.47. The molecule has 8 heteroatoms. The number of esters is 1. The van der Waals surface area contributed by atoms with Crippen molar-refractivity contribution in [1.82, 2.24) is 10.2 Å². The first-order valence-corrected chi connectivity index (χ1v) is 9.60. The van der Waals surface area contributed by atoms with Crippen LogP contribution in [0.2, 0.25) is 0 Å². The van der Waals surface area contributed by atoms with Crippen molar-refractivity contribution in [2.24, 2.45) is 11.3 Å². The lowest BCUT2D eigenvalue weighted by Crippen LogP contribution is -2.54. The first-order chi connectivity index (χ1) is 13.5. The highest BCUT2D eigenvalue weighted by Crippen LogP contribution is 2.46. The Morgan fingerprint density at radius 2 is 1.86 bits per heavy atom. The number of nitrogens with zero attached hydrogens (tertiary/aromatic N) is 1. The number of halogens is 1. The number of ketones is 1. The quantitative estimate of drug-likeness (QED) is 0.463. The van der Waals surface area contributed by atoms with Crippen LogP contribution in [0.1, 0.15) is 50.4 Å². The number of Topliss-reactive ketones (excluding diaryl/α,β-unsaturated/α-hetero) is 1. The summed E-state index contributed by atoms with van der Waals surface area (Å²) in [7, 11) is 0. The van der Waals surface area contributed by atoms with E-state index in [0.717, 1.165) is 23.5 Å². The molecule has 1 N–H and O–H groups in total. The predicted molar refractivity (Wildman–Crippen MR) is 101 cm³/mol. The summed E-state index contributed by atoms with van der Waals surface area (Å²) >= 11 is 0. The predicted octanol–water partition coefficient (Wildman–Crippen LogP) is 2.69. The minimum Gasteiger partial charge on any atom is -0.456 e. The van der Waals surface area contributed by atoms with Crippen molar-refractivity contribution >= 4 is 23.7 Å². The third-order valence-electron chi connectivity index (χ3n) is 5.44. The van der Waals surface area contributed by atoms with Crippen molar-refractivity contribution in [3.05, 3.63) is 35.6 Å². The highest BCUT2D eigenvalue weighted by Gasteiger charge is 2.56. The van der Waals surface area contributed by atoms with Crippen molar-refractivity contribution in [2.75, 3.05) is 13.2 Å². The molecule has 1 aromatic carbocycles. The minimum atomic E-state index is -0.998. The molecule has 3 amide bonds. The van der Waals surface area contributed by atoms with E-state index in [0.29, 0.717) is 12.8 Å². The highest BCUT2D eigenvalue weighted by molar-refractivity contribution is 6.09. The summed E-state index contributed by atoms with van der Waals surface area (Å²) in [6, 6.07) is 4.22. The van der Waals surface area contributed by atoms with Crippen LogP contribution in [-0.4, -0.2) is 47.3 Å². The summed E-state index contributed by atoms with van der Waals surface area (Å²) in [6.45, 7) is 5.05. The smallest absolute Gasteiger partial charge is 0.326 e. The Morgan fingerprint density at radius 3 is 2.48 bits per heavy atom. The molecule has 3 rings (SSSR count). The average Bonchev–Trinajstić information content (AvgIpc) is 2.82. The van der Waals surface area contributed by atoms with Crippen molar-refractivity contribution in [1.29, 1.82) is 0 Å². The van der Waals surface area contributed by atoms with Crippen molar-refractivity contribution in [3.63, 3.8) is 0 Å². The van der Waals surface area contributed by atoms with E-state index in [1.54, 1.807) is 0 Å². The number of hydrogen-bond acceptors (Lipinski definition) is 5. The number of imide groups is 1. The van der Waals surface area contributed by atoms with Gasteiger partial charge in [0.05, 0.1) is 0 Å². The van der Waals surface area contributed by atoms with Crippen LogP contribution in [0, 0.1) is 17.2 Å². The molecule has 1 aromatic rings. The molecular weight excluding hydrogens is 379 g/mol. The van der Waals surface area contributed by atoms with Gasteiger partial charge in [0.15, 0.2) is 12.4 Å². The minimum absolute atomic E-state index is 0.112. The maximum Gasteiger partial charge on any atom is 0.326 e. The van der Waals surface area contributed by atoms with Crippen LogP contribution in [0.5, 0.6) is 0 Å². The summed E-state index contributed by atoms with van der Waals surface area (Å²) in [5.74, 6) is -2.02. The summed E-state index contributed by atoms with van der Waals surface area (Å²) in [6.07, 6.45) is 1.98. The van der Waals surface area contributed by atoms with Gasteiger partial charge in [-0.2, -0.15) is 0 Å². The first-order valence-electron chi connectivity index (χ1n) is 9.60. The molecule has 1 aliphatic carbocycles.